The minimum Gasteiger partial charge on any atom is -0.496 e. The van der Waals surface area contributed by atoms with Crippen LogP contribution in [0.5, 0.6) is 5.75 Å². The molecule has 6 heteroatoms. The van der Waals surface area contributed by atoms with Crippen molar-refractivity contribution in [3.8, 4) is 5.75 Å². The molecule has 5 nitrogen and oxygen atoms in total. The molecule has 0 aliphatic rings. The lowest BCUT2D eigenvalue weighted by Crippen LogP contribution is -2.03. The Morgan fingerprint density at radius 3 is 2.71 bits per heavy atom. The number of nitrogens with zero attached hydrogens (tertiary/aromatic N) is 1. The van der Waals surface area contributed by atoms with E-state index in [4.69, 9.17) is 9.15 Å². The fourth-order valence-corrected chi connectivity index (χ4v) is 3.22. The standard InChI is InChI=1S/C18H17NO4S/c1-3-24(20,21)14-9-10-17-15(12-14)19-18(23-17)11-8-13-6-4-5-7-16(13)22-2/h4-12H,3H2,1-2H3/b11-8+. The summed E-state index contributed by atoms with van der Waals surface area (Å²) in [6.07, 6.45) is 3.57. The van der Waals surface area contributed by atoms with Gasteiger partial charge in [-0.05, 0) is 30.3 Å². The topological polar surface area (TPSA) is 69.4 Å². The Kier molecular flexibility index (Phi) is 4.40. The summed E-state index contributed by atoms with van der Waals surface area (Å²) in [5, 5.41) is 0. The molecule has 0 unspecified atom stereocenters. The smallest absolute Gasteiger partial charge is 0.220 e. The van der Waals surface area contributed by atoms with Crippen LogP contribution in [0.1, 0.15) is 18.4 Å². The first-order valence-corrected chi connectivity index (χ1v) is 9.13. The fraction of sp³-hybridized carbons (Fsp3) is 0.167. The van der Waals surface area contributed by atoms with Crippen molar-refractivity contribution in [1.82, 2.24) is 4.98 Å². The van der Waals surface area contributed by atoms with Crippen LogP contribution in [-0.2, 0) is 9.84 Å². The van der Waals surface area contributed by atoms with E-state index < -0.39 is 9.84 Å². The van der Waals surface area contributed by atoms with Gasteiger partial charge in [0.1, 0.15) is 11.3 Å². The highest BCUT2D eigenvalue weighted by molar-refractivity contribution is 7.91. The largest absolute Gasteiger partial charge is 0.496 e. The second-order valence-corrected chi connectivity index (χ2v) is 7.44. The van der Waals surface area contributed by atoms with E-state index in [1.54, 1.807) is 32.2 Å². The van der Waals surface area contributed by atoms with Crippen LogP contribution >= 0.6 is 0 Å². The summed E-state index contributed by atoms with van der Waals surface area (Å²) in [6.45, 7) is 1.61. The lowest BCUT2D eigenvalue weighted by Gasteiger charge is -2.02. The van der Waals surface area contributed by atoms with E-state index >= 15 is 0 Å². The highest BCUT2D eigenvalue weighted by Crippen LogP contribution is 2.23. The molecule has 0 N–H and O–H groups in total. The number of para-hydroxylation sites is 1. The van der Waals surface area contributed by atoms with Gasteiger partial charge in [0.15, 0.2) is 15.4 Å². The maximum absolute atomic E-state index is 11.9. The van der Waals surface area contributed by atoms with Crippen LogP contribution in [0.15, 0.2) is 51.8 Å². The van der Waals surface area contributed by atoms with E-state index in [9.17, 15) is 8.42 Å². The lowest BCUT2D eigenvalue weighted by atomic mass is 10.2. The summed E-state index contributed by atoms with van der Waals surface area (Å²) >= 11 is 0. The SMILES string of the molecule is CCS(=O)(=O)c1ccc2oc(/C=C/c3ccccc3OC)nc2c1. The number of sulfone groups is 1. The quantitative estimate of drug-likeness (QED) is 0.705. The van der Waals surface area contributed by atoms with Crippen molar-refractivity contribution in [2.24, 2.45) is 0 Å². The van der Waals surface area contributed by atoms with Gasteiger partial charge in [-0.25, -0.2) is 13.4 Å². The minimum absolute atomic E-state index is 0.0525. The van der Waals surface area contributed by atoms with Gasteiger partial charge in [-0.2, -0.15) is 0 Å². The molecular weight excluding hydrogens is 326 g/mol. The molecule has 0 atom stereocenters. The first kappa shape index (κ1) is 16.3. The molecule has 0 aliphatic heterocycles. The zero-order valence-electron chi connectivity index (χ0n) is 13.4. The molecule has 0 fully saturated rings. The number of methoxy groups -OCH3 is 1. The third-order valence-corrected chi connectivity index (χ3v) is 5.39. The summed E-state index contributed by atoms with van der Waals surface area (Å²) in [5.74, 6) is 1.21. The molecule has 124 valence electrons. The van der Waals surface area contributed by atoms with Crippen LogP contribution in [0.4, 0.5) is 0 Å². The molecule has 3 aromatic rings. The van der Waals surface area contributed by atoms with Crippen molar-refractivity contribution in [3.05, 3.63) is 53.9 Å². The van der Waals surface area contributed by atoms with Crippen LogP contribution in [-0.4, -0.2) is 26.3 Å². The summed E-state index contributed by atoms with van der Waals surface area (Å²) in [6, 6.07) is 12.3. The molecule has 0 saturated heterocycles. The zero-order chi connectivity index (χ0) is 17.2. The summed E-state index contributed by atoms with van der Waals surface area (Å²) in [5.41, 5.74) is 1.96. The van der Waals surface area contributed by atoms with Crippen molar-refractivity contribution in [3.63, 3.8) is 0 Å². The molecule has 2 aromatic carbocycles. The lowest BCUT2D eigenvalue weighted by molar-refractivity contribution is 0.414. The van der Waals surface area contributed by atoms with Gasteiger partial charge < -0.3 is 9.15 Å². The number of hydrogen-bond acceptors (Lipinski definition) is 5. The molecule has 0 aliphatic carbocycles. The van der Waals surface area contributed by atoms with Gasteiger partial charge in [0, 0.05) is 11.6 Å². The average molecular weight is 343 g/mol. The second-order valence-electron chi connectivity index (χ2n) is 5.16. The molecule has 1 aromatic heterocycles. The molecule has 0 bridgehead atoms. The highest BCUT2D eigenvalue weighted by Gasteiger charge is 2.14. The number of fused-ring (bicyclic) bond motifs is 1. The van der Waals surface area contributed by atoms with Crippen molar-refractivity contribution < 1.29 is 17.6 Å². The molecule has 0 spiro atoms. The predicted molar refractivity (Wildman–Crippen MR) is 93.7 cm³/mol. The number of oxazole rings is 1. The number of ether oxygens (including phenoxy) is 1. The molecule has 0 saturated carbocycles. The first-order valence-electron chi connectivity index (χ1n) is 7.48. The Hall–Kier alpha value is -2.60. The molecule has 3 rings (SSSR count). The normalized spacial score (nSPS) is 12.1. The van der Waals surface area contributed by atoms with Crippen molar-refractivity contribution >= 4 is 33.1 Å². The molecule has 0 amide bonds. The number of rotatable bonds is 5. The summed E-state index contributed by atoms with van der Waals surface area (Å²) in [7, 11) is -1.65. The molecule has 0 radical (unpaired) electrons. The Balaban J connectivity index is 1.95. The maximum atomic E-state index is 11.9. The monoisotopic (exact) mass is 343 g/mol. The number of hydrogen-bond donors (Lipinski definition) is 0. The first-order chi connectivity index (χ1) is 11.5. The van der Waals surface area contributed by atoms with Gasteiger partial charge in [-0.1, -0.05) is 25.1 Å². The van der Waals surface area contributed by atoms with Gasteiger partial charge >= 0.3 is 0 Å². The van der Waals surface area contributed by atoms with Gasteiger partial charge in [0.25, 0.3) is 0 Å². The zero-order valence-corrected chi connectivity index (χ0v) is 14.2. The molecule has 1 heterocycles. The van der Waals surface area contributed by atoms with Crippen molar-refractivity contribution in [1.29, 1.82) is 0 Å². The minimum atomic E-state index is -3.26. The fourth-order valence-electron chi connectivity index (χ4n) is 2.32. The molecule has 24 heavy (non-hydrogen) atoms. The summed E-state index contributed by atoms with van der Waals surface area (Å²) < 4.78 is 34.8. The average Bonchev–Trinajstić information content (AvgIpc) is 3.02. The van der Waals surface area contributed by atoms with Gasteiger partial charge in [0.2, 0.25) is 5.89 Å². The van der Waals surface area contributed by atoms with E-state index in [-0.39, 0.29) is 10.6 Å². The molecular formula is C18H17NO4S. The maximum Gasteiger partial charge on any atom is 0.220 e. The van der Waals surface area contributed by atoms with E-state index in [0.29, 0.717) is 17.0 Å². The number of aromatic nitrogens is 1. The highest BCUT2D eigenvalue weighted by atomic mass is 32.2. The van der Waals surface area contributed by atoms with Crippen LogP contribution in [0.25, 0.3) is 23.3 Å². The van der Waals surface area contributed by atoms with E-state index in [2.05, 4.69) is 4.98 Å². The Bertz CT molecular complexity index is 1000. The third kappa shape index (κ3) is 3.19. The Labute approximate surface area is 140 Å². The van der Waals surface area contributed by atoms with Crippen LogP contribution in [0.3, 0.4) is 0 Å². The Morgan fingerprint density at radius 2 is 1.96 bits per heavy atom. The van der Waals surface area contributed by atoms with Crippen LogP contribution < -0.4 is 4.74 Å². The van der Waals surface area contributed by atoms with Crippen LogP contribution in [0, 0.1) is 0 Å². The van der Waals surface area contributed by atoms with Crippen molar-refractivity contribution in [2.75, 3.05) is 12.9 Å². The van der Waals surface area contributed by atoms with Gasteiger partial charge in [-0.3, -0.25) is 0 Å². The summed E-state index contributed by atoms with van der Waals surface area (Å²) in [4.78, 5) is 4.59. The van der Waals surface area contributed by atoms with Crippen LogP contribution in [0.2, 0.25) is 0 Å². The number of benzene rings is 2. The van der Waals surface area contributed by atoms with E-state index in [1.807, 2.05) is 30.3 Å². The van der Waals surface area contributed by atoms with E-state index in [0.717, 1.165) is 11.3 Å². The predicted octanol–water partition coefficient (Wildman–Crippen LogP) is 3.80. The third-order valence-electron chi connectivity index (χ3n) is 3.66. The van der Waals surface area contributed by atoms with Crippen molar-refractivity contribution in [2.45, 2.75) is 11.8 Å². The Morgan fingerprint density at radius 1 is 1.17 bits per heavy atom. The van der Waals surface area contributed by atoms with Gasteiger partial charge in [-0.15, -0.1) is 0 Å². The second kappa shape index (κ2) is 6.49. The van der Waals surface area contributed by atoms with Gasteiger partial charge in [0.05, 0.1) is 17.8 Å². The van der Waals surface area contributed by atoms with E-state index in [1.165, 1.54) is 6.07 Å².